The van der Waals surface area contributed by atoms with Gasteiger partial charge in [0.15, 0.2) is 0 Å². The van der Waals surface area contributed by atoms with Crippen molar-refractivity contribution in [2.24, 2.45) is 5.92 Å². The highest BCUT2D eigenvalue weighted by molar-refractivity contribution is 5.20. The fraction of sp³-hybridized carbons (Fsp3) is 0.647. The highest BCUT2D eigenvalue weighted by Gasteiger charge is 2.23. The van der Waals surface area contributed by atoms with Crippen LogP contribution in [0.2, 0.25) is 0 Å². The lowest BCUT2D eigenvalue weighted by Gasteiger charge is -2.35. The lowest BCUT2D eigenvalue weighted by Crippen LogP contribution is -2.45. The monoisotopic (exact) mass is 278 g/mol. The van der Waals surface area contributed by atoms with Crippen molar-refractivity contribution in [1.29, 1.82) is 0 Å². The van der Waals surface area contributed by atoms with Gasteiger partial charge in [-0.25, -0.2) is 4.39 Å². The van der Waals surface area contributed by atoms with E-state index in [9.17, 15) is 4.39 Å². The summed E-state index contributed by atoms with van der Waals surface area (Å²) in [4.78, 5) is 2.26. The van der Waals surface area contributed by atoms with Crippen molar-refractivity contribution in [3.05, 3.63) is 35.6 Å². The third-order valence-corrected chi connectivity index (χ3v) is 4.71. The molecular weight excluding hydrogens is 251 g/mol. The van der Waals surface area contributed by atoms with E-state index in [1.165, 1.54) is 19.3 Å². The van der Waals surface area contributed by atoms with Crippen LogP contribution < -0.4 is 5.32 Å². The third-order valence-electron chi connectivity index (χ3n) is 4.71. The number of halogens is 1. The summed E-state index contributed by atoms with van der Waals surface area (Å²) in [5.74, 6) is 0.744. The van der Waals surface area contributed by atoms with Crippen LogP contribution in [-0.4, -0.2) is 31.1 Å². The Labute approximate surface area is 122 Å². The zero-order valence-electron chi connectivity index (χ0n) is 12.9. The quantitative estimate of drug-likeness (QED) is 0.885. The summed E-state index contributed by atoms with van der Waals surface area (Å²) in [5.41, 5.74) is 0.790. The van der Waals surface area contributed by atoms with Crippen molar-refractivity contribution in [2.75, 3.05) is 20.1 Å². The van der Waals surface area contributed by atoms with Crippen LogP contribution in [0.4, 0.5) is 4.39 Å². The van der Waals surface area contributed by atoms with E-state index in [1.807, 2.05) is 12.1 Å². The molecule has 1 fully saturated rings. The first kappa shape index (κ1) is 15.5. The zero-order valence-corrected chi connectivity index (χ0v) is 12.9. The molecule has 3 atom stereocenters. The summed E-state index contributed by atoms with van der Waals surface area (Å²) >= 11 is 0. The highest BCUT2D eigenvalue weighted by atomic mass is 19.1. The predicted octanol–water partition coefficient (Wildman–Crippen LogP) is 3.60. The first-order valence-electron chi connectivity index (χ1n) is 7.79. The van der Waals surface area contributed by atoms with Crippen molar-refractivity contribution >= 4 is 0 Å². The summed E-state index contributed by atoms with van der Waals surface area (Å²) in [6.45, 7) is 6.45. The van der Waals surface area contributed by atoms with E-state index in [0.29, 0.717) is 6.04 Å². The molecule has 0 amide bonds. The molecular formula is C17H27FN2. The number of hydrogen-bond donors (Lipinski definition) is 1. The second-order valence-electron chi connectivity index (χ2n) is 6.09. The van der Waals surface area contributed by atoms with Gasteiger partial charge in [-0.15, -0.1) is 0 Å². The molecule has 3 unspecified atom stereocenters. The molecule has 112 valence electrons. The maximum Gasteiger partial charge on any atom is 0.127 e. The van der Waals surface area contributed by atoms with Crippen molar-refractivity contribution < 1.29 is 4.39 Å². The zero-order chi connectivity index (χ0) is 14.5. The summed E-state index contributed by atoms with van der Waals surface area (Å²) in [7, 11) is 2.09. The second-order valence-corrected chi connectivity index (χ2v) is 6.09. The van der Waals surface area contributed by atoms with Gasteiger partial charge in [0.05, 0.1) is 0 Å². The fourth-order valence-electron chi connectivity index (χ4n) is 3.16. The lowest BCUT2D eigenvalue weighted by molar-refractivity contribution is 0.190. The molecule has 3 heteroatoms. The van der Waals surface area contributed by atoms with Gasteiger partial charge in [-0.05, 0) is 45.3 Å². The number of benzene rings is 1. The van der Waals surface area contributed by atoms with Crippen LogP contribution in [0.25, 0.3) is 0 Å². The van der Waals surface area contributed by atoms with Crippen molar-refractivity contribution in [2.45, 2.75) is 45.2 Å². The molecule has 1 N–H and O–H groups in total. The number of likely N-dealkylation sites (N-methyl/N-ethyl adjacent to an activating group) is 1. The van der Waals surface area contributed by atoms with E-state index in [2.05, 4.69) is 31.1 Å². The summed E-state index contributed by atoms with van der Waals surface area (Å²) in [5, 5.41) is 3.60. The Kier molecular flexibility index (Phi) is 5.55. The Morgan fingerprint density at radius 1 is 1.40 bits per heavy atom. The Bertz CT molecular complexity index is 421. The number of nitrogens with one attached hydrogen (secondary N) is 1. The van der Waals surface area contributed by atoms with E-state index in [4.69, 9.17) is 0 Å². The van der Waals surface area contributed by atoms with Crippen LogP contribution in [0.15, 0.2) is 24.3 Å². The van der Waals surface area contributed by atoms with Crippen molar-refractivity contribution in [3.8, 4) is 0 Å². The third kappa shape index (κ3) is 3.80. The van der Waals surface area contributed by atoms with Gasteiger partial charge in [0.1, 0.15) is 5.82 Å². The minimum absolute atomic E-state index is 0.102. The van der Waals surface area contributed by atoms with Gasteiger partial charge < -0.3 is 5.32 Å². The largest absolute Gasteiger partial charge is 0.313 e. The average molecular weight is 278 g/mol. The Balaban J connectivity index is 1.94. The smallest absolute Gasteiger partial charge is 0.127 e. The molecule has 1 aromatic carbocycles. The molecule has 20 heavy (non-hydrogen) atoms. The highest BCUT2D eigenvalue weighted by Crippen LogP contribution is 2.24. The Hall–Kier alpha value is -0.930. The Morgan fingerprint density at radius 3 is 2.85 bits per heavy atom. The molecule has 1 aliphatic rings. The molecule has 1 heterocycles. The van der Waals surface area contributed by atoms with E-state index < -0.39 is 0 Å². The normalized spacial score (nSPS) is 24.9. The van der Waals surface area contributed by atoms with Gasteiger partial charge in [-0.1, -0.05) is 31.5 Å². The molecule has 0 spiro atoms. The fourth-order valence-corrected chi connectivity index (χ4v) is 3.16. The van der Waals surface area contributed by atoms with Crippen LogP contribution >= 0.6 is 0 Å². The molecule has 1 saturated heterocycles. The van der Waals surface area contributed by atoms with E-state index in [1.54, 1.807) is 12.1 Å². The van der Waals surface area contributed by atoms with E-state index in [0.717, 1.165) is 24.6 Å². The number of nitrogens with zero attached hydrogens (tertiary/aromatic N) is 1. The maximum absolute atomic E-state index is 13.9. The minimum Gasteiger partial charge on any atom is -0.313 e. The maximum atomic E-state index is 13.9. The molecule has 0 aliphatic carbocycles. The van der Waals surface area contributed by atoms with Gasteiger partial charge in [-0.2, -0.15) is 0 Å². The summed E-state index contributed by atoms with van der Waals surface area (Å²) in [6, 6.07) is 7.74. The van der Waals surface area contributed by atoms with E-state index in [-0.39, 0.29) is 11.9 Å². The SMILES string of the molecule is CCC1CCNC(CN(C)C(C)c2ccccc2F)C1. The van der Waals surface area contributed by atoms with Gasteiger partial charge in [0.25, 0.3) is 0 Å². The van der Waals surface area contributed by atoms with E-state index >= 15 is 0 Å². The number of piperidine rings is 1. The molecule has 1 aromatic rings. The van der Waals surface area contributed by atoms with Crippen LogP contribution in [0.3, 0.4) is 0 Å². The molecule has 2 nitrogen and oxygen atoms in total. The Morgan fingerprint density at radius 2 is 2.15 bits per heavy atom. The van der Waals surface area contributed by atoms with Crippen LogP contribution in [0.5, 0.6) is 0 Å². The van der Waals surface area contributed by atoms with Gasteiger partial charge in [0, 0.05) is 24.2 Å². The minimum atomic E-state index is -0.102. The standard InChI is InChI=1S/C17H27FN2/c1-4-14-9-10-19-15(11-14)12-20(3)13(2)16-7-5-6-8-17(16)18/h5-8,13-15,19H,4,9-12H2,1-3H3. The lowest BCUT2D eigenvalue weighted by atomic mass is 9.90. The van der Waals surface area contributed by atoms with Gasteiger partial charge in [-0.3, -0.25) is 4.90 Å². The topological polar surface area (TPSA) is 15.3 Å². The predicted molar refractivity (Wildman–Crippen MR) is 82.3 cm³/mol. The first-order valence-corrected chi connectivity index (χ1v) is 7.79. The molecule has 0 aromatic heterocycles. The molecule has 1 aliphatic heterocycles. The van der Waals surface area contributed by atoms with Crippen LogP contribution in [-0.2, 0) is 0 Å². The number of hydrogen-bond acceptors (Lipinski definition) is 2. The molecule has 0 saturated carbocycles. The molecule has 2 rings (SSSR count). The van der Waals surface area contributed by atoms with Crippen LogP contribution in [0.1, 0.15) is 44.7 Å². The van der Waals surface area contributed by atoms with Gasteiger partial charge in [0.2, 0.25) is 0 Å². The summed E-state index contributed by atoms with van der Waals surface area (Å²) in [6.07, 6.45) is 3.80. The second kappa shape index (κ2) is 7.19. The molecule has 0 bridgehead atoms. The van der Waals surface area contributed by atoms with Crippen LogP contribution in [0, 0.1) is 11.7 Å². The summed E-state index contributed by atoms with van der Waals surface area (Å²) < 4.78 is 13.9. The first-order chi connectivity index (χ1) is 9.61. The van der Waals surface area contributed by atoms with Gasteiger partial charge >= 0.3 is 0 Å². The van der Waals surface area contributed by atoms with Crippen molar-refractivity contribution in [3.63, 3.8) is 0 Å². The average Bonchev–Trinajstić information content (AvgIpc) is 2.47. The number of rotatable bonds is 5. The van der Waals surface area contributed by atoms with Crippen molar-refractivity contribution in [1.82, 2.24) is 10.2 Å². The molecule has 0 radical (unpaired) electrons.